The van der Waals surface area contributed by atoms with Crippen LogP contribution in [-0.4, -0.2) is 83.0 Å². The molecule has 0 aliphatic rings. The van der Waals surface area contributed by atoms with Crippen molar-refractivity contribution in [1.82, 2.24) is 24.2 Å². The molecule has 0 saturated heterocycles. The summed E-state index contributed by atoms with van der Waals surface area (Å²) in [6, 6.07) is 9.16. The van der Waals surface area contributed by atoms with Gasteiger partial charge in [-0.25, -0.2) is 26.2 Å². The Balaban J connectivity index is 1.91. The van der Waals surface area contributed by atoms with Gasteiger partial charge < -0.3 is 28.4 Å². The number of anilines is 1. The van der Waals surface area contributed by atoms with Crippen LogP contribution in [0.25, 0.3) is 16.0 Å². The lowest BCUT2D eigenvalue weighted by atomic mass is 10.2. The summed E-state index contributed by atoms with van der Waals surface area (Å²) in [5.41, 5.74) is 1.34. The number of benzene rings is 1. The Labute approximate surface area is 277 Å². The second-order valence-electron chi connectivity index (χ2n) is 13.0. The number of hydrogen-bond donors (Lipinski definition) is 1. The van der Waals surface area contributed by atoms with Crippen LogP contribution in [0.5, 0.6) is 0 Å². The van der Waals surface area contributed by atoms with Gasteiger partial charge in [0.2, 0.25) is 6.54 Å². The maximum atomic E-state index is 12.9. The van der Waals surface area contributed by atoms with Gasteiger partial charge in [-0.1, -0.05) is 39.0 Å². The van der Waals surface area contributed by atoms with Crippen LogP contribution < -0.4 is 5.32 Å². The molecule has 0 fully saturated rings. The lowest BCUT2D eigenvalue weighted by Crippen LogP contribution is -2.42. The van der Waals surface area contributed by atoms with E-state index in [1.165, 1.54) is 6.33 Å². The van der Waals surface area contributed by atoms with Gasteiger partial charge in [0.25, 0.3) is 14.4 Å². The summed E-state index contributed by atoms with van der Waals surface area (Å²) in [6.45, 7) is 27.0. The van der Waals surface area contributed by atoms with Crippen LogP contribution in [0.2, 0.25) is 18.1 Å². The minimum absolute atomic E-state index is 0.0425. The SMILES string of the molecule is [2H]C[C@H](COP(OCC[N+]#[C-])N(C(C)C)C(C)C)O[C@H](CO[Si](C)(C)C(C)(C)C)n1cnc2c(NC(=O)c3ccccc3)ncnc21. The Morgan fingerprint density at radius 1 is 1.11 bits per heavy atom. The molecular formula is C32H50N7O5PSi. The van der Waals surface area contributed by atoms with E-state index in [-0.39, 0.29) is 62.1 Å². The van der Waals surface area contributed by atoms with E-state index in [1.807, 2.05) is 6.07 Å². The number of ether oxygens (including phenoxy) is 1. The van der Waals surface area contributed by atoms with Crippen LogP contribution in [0.3, 0.4) is 0 Å². The first-order chi connectivity index (χ1) is 22.2. The molecule has 14 heteroatoms. The number of imidazole rings is 1. The van der Waals surface area contributed by atoms with Crippen molar-refractivity contribution in [3.8, 4) is 0 Å². The molecule has 3 rings (SSSR count). The fraction of sp³-hybridized carbons (Fsp3) is 0.594. The summed E-state index contributed by atoms with van der Waals surface area (Å²) in [5, 5.41) is 2.81. The van der Waals surface area contributed by atoms with Crippen molar-refractivity contribution in [3.05, 3.63) is 60.0 Å². The van der Waals surface area contributed by atoms with E-state index < -0.39 is 29.2 Å². The molecule has 12 nitrogen and oxygen atoms in total. The monoisotopic (exact) mass is 672 g/mol. The molecule has 0 saturated carbocycles. The summed E-state index contributed by atoms with van der Waals surface area (Å²) < 4.78 is 37.8. The molecular weight excluding hydrogens is 621 g/mol. The predicted molar refractivity (Wildman–Crippen MR) is 185 cm³/mol. The highest BCUT2D eigenvalue weighted by Crippen LogP contribution is 2.46. The predicted octanol–water partition coefficient (Wildman–Crippen LogP) is 7.30. The second-order valence-corrected chi connectivity index (χ2v) is 19.2. The molecule has 46 heavy (non-hydrogen) atoms. The largest absolute Gasteiger partial charge is 0.412 e. The molecule has 3 aromatic rings. The quantitative estimate of drug-likeness (QED) is 0.0682. The van der Waals surface area contributed by atoms with Crippen molar-refractivity contribution in [2.24, 2.45) is 0 Å². The number of aromatic nitrogens is 4. The third kappa shape index (κ3) is 10.1. The van der Waals surface area contributed by atoms with Crippen molar-refractivity contribution in [1.29, 1.82) is 0 Å². The van der Waals surface area contributed by atoms with Crippen LogP contribution >= 0.6 is 8.53 Å². The molecule has 1 aromatic carbocycles. The van der Waals surface area contributed by atoms with Gasteiger partial charge in [-0.15, -0.1) is 0 Å². The topological polar surface area (TPSA) is 117 Å². The Hall–Kier alpha value is -2.82. The molecule has 0 spiro atoms. The average molecular weight is 673 g/mol. The van der Waals surface area contributed by atoms with Crippen LogP contribution in [-0.2, 0) is 18.2 Å². The lowest BCUT2D eigenvalue weighted by Gasteiger charge is -2.38. The highest BCUT2D eigenvalue weighted by molar-refractivity contribution is 7.44. The Morgan fingerprint density at radius 2 is 1.80 bits per heavy atom. The molecule has 0 radical (unpaired) electrons. The van der Waals surface area contributed by atoms with Gasteiger partial charge in [0.05, 0.1) is 25.6 Å². The molecule has 0 bridgehead atoms. The fourth-order valence-electron chi connectivity index (χ4n) is 4.32. The summed E-state index contributed by atoms with van der Waals surface area (Å²) in [4.78, 5) is 29.7. The van der Waals surface area contributed by atoms with Crippen LogP contribution in [0.15, 0.2) is 43.0 Å². The summed E-state index contributed by atoms with van der Waals surface area (Å²) >= 11 is 0. The zero-order chi connectivity index (χ0) is 34.8. The number of hydrogen-bond acceptors (Lipinski definition) is 9. The standard InChI is InChI=1S/C32H50N7O5PSi/c1-23(2)39(24(3)4)45(41-18-17-33-9)42-19-25(5)44-27(20-43-46(10,11)32(6,7)8)38-22-36-28-29(34-21-35-30(28)38)37-31(40)26-15-13-12-14-16-26/h12-16,21-25,27H,17-20H2,1-8,10-11H3,(H,34,35,37,40)/t25-,27-,45?/m1/s1/i5D. The van der Waals surface area contributed by atoms with Crippen molar-refractivity contribution in [2.75, 3.05) is 31.7 Å². The molecule has 1 unspecified atom stereocenters. The fourth-order valence-corrected chi connectivity index (χ4v) is 6.94. The summed E-state index contributed by atoms with van der Waals surface area (Å²) in [7, 11) is -3.71. The maximum absolute atomic E-state index is 12.9. The van der Waals surface area contributed by atoms with Crippen LogP contribution in [0.1, 0.15) is 73.3 Å². The average Bonchev–Trinajstić information content (AvgIpc) is 3.45. The molecule has 2 heterocycles. The number of amides is 1. The van der Waals surface area contributed by atoms with Gasteiger partial charge in [0, 0.05) is 19.0 Å². The third-order valence-corrected chi connectivity index (χ3v) is 14.3. The maximum Gasteiger partial charge on any atom is 0.259 e. The molecule has 1 N–H and O–H groups in total. The smallest absolute Gasteiger partial charge is 0.259 e. The van der Waals surface area contributed by atoms with Crippen LogP contribution in [0, 0.1) is 6.57 Å². The van der Waals surface area contributed by atoms with E-state index in [0.29, 0.717) is 16.7 Å². The van der Waals surface area contributed by atoms with E-state index in [1.54, 1.807) is 35.2 Å². The first kappa shape index (κ1) is 36.0. The first-order valence-electron chi connectivity index (χ1n) is 16.2. The molecule has 1 amide bonds. The van der Waals surface area contributed by atoms with Gasteiger partial charge in [-0.3, -0.25) is 9.36 Å². The van der Waals surface area contributed by atoms with E-state index in [2.05, 4.69) is 91.3 Å². The molecule has 3 atom stereocenters. The molecule has 0 aliphatic carbocycles. The van der Waals surface area contributed by atoms with Gasteiger partial charge in [-0.2, -0.15) is 0 Å². The van der Waals surface area contributed by atoms with Crippen molar-refractivity contribution in [2.45, 2.75) is 97.9 Å². The Bertz CT molecular complexity index is 1460. The highest BCUT2D eigenvalue weighted by Gasteiger charge is 2.38. The first-order valence-corrected chi connectivity index (χ1v) is 19.5. The number of fused-ring (bicyclic) bond motifs is 1. The third-order valence-electron chi connectivity index (χ3n) is 7.70. The number of nitrogens with zero attached hydrogens (tertiary/aromatic N) is 6. The van der Waals surface area contributed by atoms with Gasteiger partial charge in [0.15, 0.2) is 31.5 Å². The van der Waals surface area contributed by atoms with E-state index in [4.69, 9.17) is 26.2 Å². The second kappa shape index (κ2) is 16.8. The van der Waals surface area contributed by atoms with E-state index >= 15 is 0 Å². The van der Waals surface area contributed by atoms with Crippen molar-refractivity contribution in [3.63, 3.8) is 0 Å². The van der Waals surface area contributed by atoms with Crippen molar-refractivity contribution < 1.29 is 24.4 Å². The molecule has 2 aromatic heterocycles. The Kier molecular flexibility index (Phi) is 13.2. The number of carbonyl (C=O) groups is 1. The molecule has 0 aliphatic heterocycles. The van der Waals surface area contributed by atoms with Gasteiger partial charge in [-0.05, 0) is 64.9 Å². The Morgan fingerprint density at radius 3 is 2.41 bits per heavy atom. The lowest BCUT2D eigenvalue weighted by molar-refractivity contribution is -0.0825. The van der Waals surface area contributed by atoms with E-state index in [9.17, 15) is 4.79 Å². The minimum atomic E-state index is -2.20. The van der Waals surface area contributed by atoms with Gasteiger partial charge in [0.1, 0.15) is 12.9 Å². The van der Waals surface area contributed by atoms with Crippen molar-refractivity contribution >= 4 is 39.7 Å². The normalized spacial score (nSPS) is 14.8. The highest BCUT2D eigenvalue weighted by atomic mass is 31.2. The number of rotatable bonds is 17. The minimum Gasteiger partial charge on any atom is -0.412 e. The summed E-state index contributed by atoms with van der Waals surface area (Å²) in [5.74, 6) is -0.0377. The van der Waals surface area contributed by atoms with E-state index in [0.717, 1.165) is 0 Å². The molecule has 252 valence electrons. The zero-order valence-electron chi connectivity index (χ0n) is 29.6. The number of nitrogens with one attached hydrogen (secondary N) is 1. The number of carbonyl (C=O) groups excluding carboxylic acids is 1. The van der Waals surface area contributed by atoms with Gasteiger partial charge >= 0.3 is 0 Å². The summed E-state index contributed by atoms with van der Waals surface area (Å²) in [6.07, 6.45) is 1.62. The zero-order valence-corrected chi connectivity index (χ0v) is 30.5. The van der Waals surface area contributed by atoms with Crippen LogP contribution in [0.4, 0.5) is 5.82 Å².